The highest BCUT2D eigenvalue weighted by molar-refractivity contribution is 9.10. The molecule has 4 rings (SSSR count). The van der Waals surface area contributed by atoms with Crippen molar-refractivity contribution in [1.82, 2.24) is 15.2 Å². The Morgan fingerprint density at radius 2 is 2.08 bits per heavy atom. The van der Waals surface area contributed by atoms with Crippen molar-refractivity contribution >= 4 is 33.6 Å². The number of carbonyl (C=O) groups excluding carboxylic acids is 2. The Morgan fingerprint density at radius 1 is 1.27 bits per heavy atom. The molecule has 2 aliphatic carbocycles. The zero-order valence-electron chi connectivity index (χ0n) is 14.1. The fourth-order valence-corrected chi connectivity index (χ4v) is 3.03. The number of hydrogen-bond acceptors (Lipinski definition) is 4. The zero-order valence-corrected chi connectivity index (χ0v) is 15.7. The Kier molecular flexibility index (Phi) is 4.67. The van der Waals surface area contributed by atoms with Gasteiger partial charge in [0.1, 0.15) is 6.26 Å². The molecule has 0 radical (unpaired) electrons. The number of rotatable bonds is 6. The lowest BCUT2D eigenvalue weighted by atomic mass is 10.3. The summed E-state index contributed by atoms with van der Waals surface area (Å²) in [4.78, 5) is 30.6. The summed E-state index contributed by atoms with van der Waals surface area (Å²) < 4.78 is 6.31. The predicted molar refractivity (Wildman–Crippen MR) is 98.7 cm³/mol. The van der Waals surface area contributed by atoms with Gasteiger partial charge in [0.25, 0.3) is 5.91 Å². The van der Waals surface area contributed by atoms with Crippen LogP contribution >= 0.6 is 15.9 Å². The minimum absolute atomic E-state index is 0.179. The molecule has 8 heteroatoms. The fourth-order valence-electron chi connectivity index (χ4n) is 2.63. The molecule has 1 aromatic heterocycles. The van der Waals surface area contributed by atoms with Gasteiger partial charge in [-0.15, -0.1) is 0 Å². The summed E-state index contributed by atoms with van der Waals surface area (Å²) in [7, 11) is 0. The van der Waals surface area contributed by atoms with Crippen molar-refractivity contribution in [1.29, 1.82) is 0 Å². The molecule has 2 N–H and O–H groups in total. The summed E-state index contributed by atoms with van der Waals surface area (Å²) in [6, 6.07) is 7.68. The van der Waals surface area contributed by atoms with Gasteiger partial charge in [0.2, 0.25) is 5.89 Å². The average Bonchev–Trinajstić information content (AvgIpc) is 3.53. The van der Waals surface area contributed by atoms with E-state index in [4.69, 9.17) is 4.42 Å². The van der Waals surface area contributed by atoms with Crippen LogP contribution in [0, 0.1) is 0 Å². The van der Waals surface area contributed by atoms with Crippen LogP contribution in [0.5, 0.6) is 0 Å². The number of halogens is 1. The molecule has 0 aliphatic heterocycles. The molecule has 2 fully saturated rings. The Bertz CT molecular complexity index is 829. The van der Waals surface area contributed by atoms with Gasteiger partial charge in [-0.1, -0.05) is 22.0 Å². The number of nitrogens with zero attached hydrogens (tertiary/aromatic N) is 2. The Labute approximate surface area is 159 Å². The van der Waals surface area contributed by atoms with Crippen molar-refractivity contribution < 1.29 is 14.0 Å². The summed E-state index contributed by atoms with van der Waals surface area (Å²) in [6.45, 7) is 0.237. The molecule has 1 heterocycles. The third-order valence-corrected chi connectivity index (χ3v) is 4.82. The van der Waals surface area contributed by atoms with E-state index in [0.717, 1.165) is 30.2 Å². The first-order valence-corrected chi connectivity index (χ1v) is 9.46. The fraction of sp³-hybridized carbons (Fsp3) is 0.389. The van der Waals surface area contributed by atoms with Crippen LogP contribution in [-0.2, 0) is 6.54 Å². The van der Waals surface area contributed by atoms with E-state index in [1.165, 1.54) is 6.26 Å². The molecule has 2 aliphatic rings. The number of benzene rings is 1. The summed E-state index contributed by atoms with van der Waals surface area (Å²) in [5.74, 6) is 0.140. The van der Waals surface area contributed by atoms with Crippen LogP contribution < -0.4 is 10.6 Å². The number of hydrogen-bond donors (Lipinski definition) is 2. The number of nitrogens with one attached hydrogen (secondary N) is 2. The maximum atomic E-state index is 12.7. The Morgan fingerprint density at radius 3 is 2.77 bits per heavy atom. The molecule has 136 valence electrons. The molecular weight excluding hydrogens is 400 g/mol. The Hall–Kier alpha value is -2.35. The second-order valence-corrected chi connectivity index (χ2v) is 7.59. The number of aromatic nitrogens is 1. The lowest BCUT2D eigenvalue weighted by Crippen LogP contribution is -2.36. The van der Waals surface area contributed by atoms with E-state index >= 15 is 0 Å². The lowest BCUT2D eigenvalue weighted by molar-refractivity contribution is 0.0946. The van der Waals surface area contributed by atoms with E-state index in [2.05, 4.69) is 31.5 Å². The molecule has 0 bridgehead atoms. The monoisotopic (exact) mass is 418 g/mol. The maximum absolute atomic E-state index is 12.7. The first-order valence-electron chi connectivity index (χ1n) is 8.67. The first kappa shape index (κ1) is 17.1. The van der Waals surface area contributed by atoms with Gasteiger partial charge < -0.3 is 20.0 Å². The summed E-state index contributed by atoms with van der Waals surface area (Å²) in [6.07, 6.45) is 5.30. The Balaban J connectivity index is 1.41. The minimum Gasteiger partial charge on any atom is -0.446 e. The van der Waals surface area contributed by atoms with Crippen molar-refractivity contribution in [3.63, 3.8) is 0 Å². The molecule has 0 atom stereocenters. The van der Waals surface area contributed by atoms with Crippen molar-refractivity contribution in [3.8, 4) is 0 Å². The highest BCUT2D eigenvalue weighted by atomic mass is 79.9. The van der Waals surface area contributed by atoms with Crippen molar-refractivity contribution in [2.45, 2.75) is 44.3 Å². The van der Waals surface area contributed by atoms with Crippen LogP contribution in [0.2, 0.25) is 0 Å². The third kappa shape index (κ3) is 4.24. The van der Waals surface area contributed by atoms with Crippen molar-refractivity contribution in [3.05, 3.63) is 46.6 Å². The quantitative estimate of drug-likeness (QED) is 0.750. The van der Waals surface area contributed by atoms with E-state index in [1.807, 2.05) is 24.3 Å². The number of urea groups is 1. The van der Waals surface area contributed by atoms with Crippen LogP contribution in [0.15, 0.2) is 39.4 Å². The first-order chi connectivity index (χ1) is 12.6. The minimum atomic E-state index is -0.223. The largest absolute Gasteiger partial charge is 0.446 e. The van der Waals surface area contributed by atoms with E-state index in [1.54, 1.807) is 4.90 Å². The van der Waals surface area contributed by atoms with E-state index in [9.17, 15) is 9.59 Å². The summed E-state index contributed by atoms with van der Waals surface area (Å²) in [5.41, 5.74) is 0.974. The molecule has 3 amide bonds. The second-order valence-electron chi connectivity index (χ2n) is 6.67. The van der Waals surface area contributed by atoms with Gasteiger partial charge in [-0.2, -0.15) is 0 Å². The van der Waals surface area contributed by atoms with Crippen molar-refractivity contribution in [2.24, 2.45) is 0 Å². The van der Waals surface area contributed by atoms with Gasteiger partial charge in [0, 0.05) is 22.2 Å². The van der Waals surface area contributed by atoms with E-state index in [0.29, 0.717) is 11.6 Å². The normalized spacial score (nSPS) is 16.2. The molecule has 2 aromatic rings. The molecule has 7 nitrogen and oxygen atoms in total. The van der Waals surface area contributed by atoms with E-state index in [-0.39, 0.29) is 36.3 Å². The highest BCUT2D eigenvalue weighted by Gasteiger charge is 2.34. The average molecular weight is 419 g/mol. The molecule has 26 heavy (non-hydrogen) atoms. The standard InChI is InChI=1S/C18H19BrN4O3/c19-11-2-1-3-13(8-11)21-18(25)23(14-6-7-14)9-16-22-15(10-26-16)17(24)20-12-4-5-12/h1-3,8,10,12,14H,4-7,9H2,(H,20,24)(H,21,25). The van der Waals surface area contributed by atoms with Crippen molar-refractivity contribution in [2.75, 3.05) is 5.32 Å². The second kappa shape index (κ2) is 7.11. The predicted octanol–water partition coefficient (Wildman–Crippen LogP) is 3.53. The molecule has 0 unspecified atom stereocenters. The van der Waals surface area contributed by atoms with Gasteiger partial charge >= 0.3 is 6.03 Å². The molecule has 1 aromatic carbocycles. The van der Waals surface area contributed by atoms with Gasteiger partial charge in [-0.25, -0.2) is 9.78 Å². The number of anilines is 1. The summed E-state index contributed by atoms with van der Waals surface area (Å²) >= 11 is 3.39. The van der Waals surface area contributed by atoms with Crippen LogP contribution in [0.25, 0.3) is 0 Å². The van der Waals surface area contributed by atoms with Gasteiger partial charge in [-0.3, -0.25) is 4.79 Å². The van der Waals surface area contributed by atoms with Crippen LogP contribution in [0.3, 0.4) is 0 Å². The molecule has 2 saturated carbocycles. The zero-order chi connectivity index (χ0) is 18.1. The number of oxazole rings is 1. The summed E-state index contributed by atoms with van der Waals surface area (Å²) in [5, 5.41) is 5.77. The number of carbonyl (C=O) groups is 2. The van der Waals surface area contributed by atoms with Gasteiger partial charge in [0.05, 0.1) is 6.54 Å². The van der Waals surface area contributed by atoms with Crippen LogP contribution in [-0.4, -0.2) is 33.9 Å². The topological polar surface area (TPSA) is 87.5 Å². The van der Waals surface area contributed by atoms with Crippen LogP contribution in [0.4, 0.5) is 10.5 Å². The lowest BCUT2D eigenvalue weighted by Gasteiger charge is -2.21. The smallest absolute Gasteiger partial charge is 0.322 e. The van der Waals surface area contributed by atoms with Gasteiger partial charge in [-0.05, 0) is 43.9 Å². The number of amides is 3. The van der Waals surface area contributed by atoms with E-state index < -0.39 is 0 Å². The highest BCUT2D eigenvalue weighted by Crippen LogP contribution is 2.29. The molecule has 0 spiro atoms. The molecular formula is C18H19BrN4O3. The molecule has 0 saturated heterocycles. The van der Waals surface area contributed by atoms with Gasteiger partial charge in [0.15, 0.2) is 5.69 Å². The SMILES string of the molecule is O=C(NC1CC1)c1coc(CN(C(=O)Nc2cccc(Br)c2)C2CC2)n1. The van der Waals surface area contributed by atoms with Crippen LogP contribution in [0.1, 0.15) is 42.1 Å². The third-order valence-electron chi connectivity index (χ3n) is 4.33. The maximum Gasteiger partial charge on any atom is 0.322 e.